The number of rotatable bonds is 5. The van der Waals surface area contributed by atoms with Gasteiger partial charge in [-0.05, 0) is 53.8 Å². The highest BCUT2D eigenvalue weighted by atomic mass is 16.5. The van der Waals surface area contributed by atoms with Crippen molar-refractivity contribution in [2.45, 2.75) is 39.8 Å². The van der Waals surface area contributed by atoms with Crippen LogP contribution in [0.15, 0.2) is 36.5 Å². The molecule has 0 saturated heterocycles. The molecule has 0 fully saturated rings. The molecule has 2 rings (SSSR count). The number of aromatic nitrogens is 1. The van der Waals surface area contributed by atoms with Crippen LogP contribution in [0.4, 0.5) is 0 Å². The second-order valence-electron chi connectivity index (χ2n) is 5.32. The molecule has 0 spiro atoms. The quantitative estimate of drug-likeness (QED) is 0.903. The average Bonchev–Trinajstić information content (AvgIpc) is 2.45. The van der Waals surface area contributed by atoms with E-state index < -0.39 is 0 Å². The zero-order chi connectivity index (χ0) is 14.5. The fourth-order valence-corrected chi connectivity index (χ4v) is 2.28. The lowest BCUT2D eigenvalue weighted by Gasteiger charge is -2.12. The lowest BCUT2D eigenvalue weighted by molar-refractivity contribution is 0.305. The van der Waals surface area contributed by atoms with E-state index in [4.69, 9.17) is 10.5 Å². The summed E-state index contributed by atoms with van der Waals surface area (Å²) in [6, 6.07) is 10.2. The number of benzene rings is 1. The fraction of sp³-hybridized carbons (Fsp3) is 0.353. The molecule has 2 aromatic rings. The Labute approximate surface area is 120 Å². The number of nitrogens with zero attached hydrogens (tertiary/aromatic N) is 1. The van der Waals surface area contributed by atoms with Crippen LogP contribution in [0.25, 0.3) is 0 Å². The van der Waals surface area contributed by atoms with E-state index in [1.54, 1.807) is 6.20 Å². The molecule has 3 heteroatoms. The van der Waals surface area contributed by atoms with E-state index in [-0.39, 0.29) is 0 Å². The van der Waals surface area contributed by atoms with Crippen LogP contribution < -0.4 is 10.5 Å². The minimum atomic E-state index is 0.454. The van der Waals surface area contributed by atoms with Crippen LogP contribution in [0.2, 0.25) is 0 Å². The van der Waals surface area contributed by atoms with Gasteiger partial charge in [-0.3, -0.25) is 4.98 Å². The highest BCUT2D eigenvalue weighted by molar-refractivity contribution is 5.36. The van der Waals surface area contributed by atoms with E-state index >= 15 is 0 Å². The van der Waals surface area contributed by atoms with Gasteiger partial charge in [0.25, 0.3) is 0 Å². The zero-order valence-corrected chi connectivity index (χ0v) is 12.4. The van der Waals surface area contributed by atoms with E-state index in [1.165, 1.54) is 11.1 Å². The van der Waals surface area contributed by atoms with Crippen LogP contribution in [0.1, 0.15) is 42.1 Å². The second kappa shape index (κ2) is 6.53. The summed E-state index contributed by atoms with van der Waals surface area (Å²) in [6.45, 7) is 7.52. The molecule has 0 aliphatic carbocycles. The van der Waals surface area contributed by atoms with Gasteiger partial charge in [0.05, 0.1) is 5.69 Å². The Morgan fingerprint density at radius 3 is 2.65 bits per heavy atom. The summed E-state index contributed by atoms with van der Waals surface area (Å²) in [5, 5.41) is 0. The van der Waals surface area contributed by atoms with Gasteiger partial charge in [0.1, 0.15) is 12.4 Å². The van der Waals surface area contributed by atoms with E-state index in [0.717, 1.165) is 17.0 Å². The van der Waals surface area contributed by atoms with Gasteiger partial charge in [-0.25, -0.2) is 0 Å². The van der Waals surface area contributed by atoms with Crippen molar-refractivity contribution in [3.63, 3.8) is 0 Å². The average molecular weight is 270 g/mol. The highest BCUT2D eigenvalue weighted by Gasteiger charge is 2.05. The Morgan fingerprint density at radius 1 is 1.20 bits per heavy atom. The van der Waals surface area contributed by atoms with Crippen molar-refractivity contribution in [3.05, 3.63) is 58.9 Å². The number of pyridine rings is 1. The molecular weight excluding hydrogens is 248 g/mol. The van der Waals surface area contributed by atoms with Crippen molar-refractivity contribution in [1.29, 1.82) is 0 Å². The monoisotopic (exact) mass is 270 g/mol. The third-order valence-corrected chi connectivity index (χ3v) is 3.36. The van der Waals surface area contributed by atoms with E-state index in [9.17, 15) is 0 Å². The van der Waals surface area contributed by atoms with Crippen molar-refractivity contribution in [2.75, 3.05) is 0 Å². The maximum Gasteiger partial charge on any atom is 0.120 e. The molecule has 2 N–H and O–H groups in total. The van der Waals surface area contributed by atoms with Crippen molar-refractivity contribution in [1.82, 2.24) is 4.98 Å². The molecule has 0 bridgehead atoms. The highest BCUT2D eigenvalue weighted by Crippen LogP contribution is 2.24. The summed E-state index contributed by atoms with van der Waals surface area (Å²) in [4.78, 5) is 4.18. The predicted molar refractivity (Wildman–Crippen MR) is 81.7 cm³/mol. The third-order valence-electron chi connectivity index (χ3n) is 3.36. The molecule has 1 heterocycles. The largest absolute Gasteiger partial charge is 0.489 e. The Hall–Kier alpha value is -1.87. The van der Waals surface area contributed by atoms with Gasteiger partial charge in [0.15, 0.2) is 0 Å². The molecule has 1 aromatic heterocycles. The molecule has 106 valence electrons. The minimum absolute atomic E-state index is 0.454. The first-order valence-electron chi connectivity index (χ1n) is 6.97. The van der Waals surface area contributed by atoms with E-state index in [1.807, 2.05) is 18.2 Å². The molecular formula is C17H22N2O. The van der Waals surface area contributed by atoms with Gasteiger partial charge >= 0.3 is 0 Å². The summed E-state index contributed by atoms with van der Waals surface area (Å²) in [6.07, 6.45) is 1.77. The number of hydrogen-bond acceptors (Lipinski definition) is 3. The number of ether oxygens (including phenoxy) is 1. The van der Waals surface area contributed by atoms with Gasteiger partial charge in [0.2, 0.25) is 0 Å². The summed E-state index contributed by atoms with van der Waals surface area (Å²) in [5.74, 6) is 1.44. The summed E-state index contributed by atoms with van der Waals surface area (Å²) in [5.41, 5.74) is 10.2. The maximum atomic E-state index is 5.84. The number of hydrogen-bond donors (Lipinski definition) is 1. The molecule has 1 aromatic carbocycles. The lowest BCUT2D eigenvalue weighted by Crippen LogP contribution is -2.02. The predicted octanol–water partition coefficient (Wildman–Crippen LogP) is 3.55. The lowest BCUT2D eigenvalue weighted by atomic mass is 9.98. The van der Waals surface area contributed by atoms with E-state index in [2.05, 4.69) is 37.9 Å². The molecule has 0 radical (unpaired) electrons. The van der Waals surface area contributed by atoms with Crippen LogP contribution in [0.5, 0.6) is 5.75 Å². The minimum Gasteiger partial charge on any atom is -0.489 e. The van der Waals surface area contributed by atoms with E-state index in [0.29, 0.717) is 19.1 Å². The van der Waals surface area contributed by atoms with Crippen LogP contribution in [-0.2, 0) is 13.2 Å². The maximum absolute atomic E-state index is 5.84. The van der Waals surface area contributed by atoms with Crippen LogP contribution in [-0.4, -0.2) is 4.98 Å². The number of nitrogens with two attached hydrogens (primary N) is 1. The second-order valence-corrected chi connectivity index (χ2v) is 5.32. The summed E-state index contributed by atoms with van der Waals surface area (Å²) in [7, 11) is 0. The SMILES string of the molecule is Cc1cc(OCc2ccnc(CN)c2)ccc1C(C)C. The first-order valence-corrected chi connectivity index (χ1v) is 6.97. The van der Waals surface area contributed by atoms with Crippen LogP contribution >= 0.6 is 0 Å². The standard InChI is InChI=1S/C17H22N2O/c1-12(2)17-5-4-16(8-13(17)3)20-11-14-6-7-19-15(9-14)10-18/h4-9,12H,10-11,18H2,1-3H3. The third kappa shape index (κ3) is 3.58. The fourth-order valence-electron chi connectivity index (χ4n) is 2.28. The van der Waals surface area contributed by atoms with Gasteiger partial charge in [0, 0.05) is 12.7 Å². The van der Waals surface area contributed by atoms with Gasteiger partial charge in [-0.15, -0.1) is 0 Å². The van der Waals surface area contributed by atoms with Gasteiger partial charge in [-0.1, -0.05) is 19.9 Å². The molecule has 0 aliphatic rings. The first kappa shape index (κ1) is 14.5. The van der Waals surface area contributed by atoms with Crippen LogP contribution in [0, 0.1) is 6.92 Å². The Morgan fingerprint density at radius 2 is 2.00 bits per heavy atom. The Kier molecular flexibility index (Phi) is 4.74. The van der Waals surface area contributed by atoms with Crippen molar-refractivity contribution in [2.24, 2.45) is 5.73 Å². The summed E-state index contributed by atoms with van der Waals surface area (Å²) < 4.78 is 5.84. The normalized spacial score (nSPS) is 10.8. The molecule has 0 atom stereocenters. The molecule has 20 heavy (non-hydrogen) atoms. The van der Waals surface area contributed by atoms with Gasteiger partial charge in [-0.2, -0.15) is 0 Å². The summed E-state index contributed by atoms with van der Waals surface area (Å²) >= 11 is 0. The molecule has 0 aliphatic heterocycles. The first-order chi connectivity index (χ1) is 9.60. The Bertz CT molecular complexity index is 579. The van der Waals surface area contributed by atoms with Crippen molar-refractivity contribution in [3.8, 4) is 5.75 Å². The molecule has 3 nitrogen and oxygen atoms in total. The van der Waals surface area contributed by atoms with Gasteiger partial charge < -0.3 is 10.5 Å². The molecule has 0 amide bonds. The smallest absolute Gasteiger partial charge is 0.120 e. The molecule has 0 unspecified atom stereocenters. The van der Waals surface area contributed by atoms with Crippen LogP contribution in [0.3, 0.4) is 0 Å². The van der Waals surface area contributed by atoms with Crippen molar-refractivity contribution >= 4 is 0 Å². The Balaban J connectivity index is 2.05. The number of aryl methyl sites for hydroxylation is 1. The zero-order valence-electron chi connectivity index (χ0n) is 12.4. The molecule has 0 saturated carbocycles. The van der Waals surface area contributed by atoms with Crippen molar-refractivity contribution < 1.29 is 4.74 Å². The topological polar surface area (TPSA) is 48.1 Å².